The van der Waals surface area contributed by atoms with Gasteiger partial charge in [0.1, 0.15) is 0 Å². The monoisotopic (exact) mass is 213 g/mol. The molecule has 0 heterocycles. The third kappa shape index (κ3) is 6.94. The van der Waals surface area contributed by atoms with Crippen molar-refractivity contribution >= 4 is 0 Å². The highest BCUT2D eigenvalue weighted by Gasteiger charge is 2.19. The van der Waals surface area contributed by atoms with Crippen molar-refractivity contribution in [2.24, 2.45) is 17.3 Å². The molecular weight excluding hydrogens is 182 g/mol. The van der Waals surface area contributed by atoms with Gasteiger partial charge in [-0.05, 0) is 50.1 Å². The molecular formula is C14H31N. The van der Waals surface area contributed by atoms with E-state index in [0.29, 0.717) is 5.41 Å². The fourth-order valence-corrected chi connectivity index (χ4v) is 2.23. The second kappa shape index (κ2) is 7.27. The molecule has 0 rings (SSSR count). The third-order valence-electron chi connectivity index (χ3n) is 3.70. The molecule has 0 aliphatic rings. The van der Waals surface area contributed by atoms with Crippen LogP contribution in [0.4, 0.5) is 0 Å². The normalized spacial score (nSPS) is 16.4. The maximum atomic E-state index is 3.27. The molecule has 0 saturated heterocycles. The maximum absolute atomic E-state index is 3.27. The van der Waals surface area contributed by atoms with E-state index < -0.39 is 0 Å². The molecule has 0 amide bonds. The molecule has 2 unspecified atom stereocenters. The van der Waals surface area contributed by atoms with Crippen LogP contribution in [0.5, 0.6) is 0 Å². The molecule has 0 saturated carbocycles. The number of nitrogens with one attached hydrogen (secondary N) is 1. The fourth-order valence-electron chi connectivity index (χ4n) is 2.23. The van der Waals surface area contributed by atoms with Crippen LogP contribution >= 0.6 is 0 Å². The van der Waals surface area contributed by atoms with Crippen molar-refractivity contribution in [1.82, 2.24) is 5.32 Å². The van der Waals surface area contributed by atoms with Gasteiger partial charge < -0.3 is 5.32 Å². The summed E-state index contributed by atoms with van der Waals surface area (Å²) in [5, 5.41) is 3.27. The molecule has 92 valence electrons. The van der Waals surface area contributed by atoms with Gasteiger partial charge in [-0.15, -0.1) is 0 Å². The SMILES string of the molecule is CCCC(C)(C)CCC(C)C(C)CNC. The van der Waals surface area contributed by atoms with Gasteiger partial charge in [0.15, 0.2) is 0 Å². The Bertz CT molecular complexity index is 151. The van der Waals surface area contributed by atoms with Gasteiger partial charge in [0.05, 0.1) is 0 Å². The van der Waals surface area contributed by atoms with Crippen molar-refractivity contribution in [3.8, 4) is 0 Å². The average Bonchev–Trinajstić information content (AvgIpc) is 2.14. The second-order valence-corrected chi connectivity index (χ2v) is 5.97. The smallest absolute Gasteiger partial charge is 0.00236 e. The van der Waals surface area contributed by atoms with Gasteiger partial charge in [0.2, 0.25) is 0 Å². The maximum Gasteiger partial charge on any atom is -0.00236 e. The van der Waals surface area contributed by atoms with E-state index in [4.69, 9.17) is 0 Å². The first-order chi connectivity index (χ1) is 6.93. The summed E-state index contributed by atoms with van der Waals surface area (Å²) in [6.07, 6.45) is 5.42. The van der Waals surface area contributed by atoms with Gasteiger partial charge in [0, 0.05) is 0 Å². The zero-order chi connectivity index (χ0) is 11.9. The predicted molar refractivity (Wildman–Crippen MR) is 70.2 cm³/mol. The Morgan fingerprint density at radius 2 is 1.67 bits per heavy atom. The van der Waals surface area contributed by atoms with E-state index in [1.165, 1.54) is 25.7 Å². The van der Waals surface area contributed by atoms with E-state index in [1.54, 1.807) is 0 Å². The molecule has 2 atom stereocenters. The summed E-state index contributed by atoms with van der Waals surface area (Å²) in [6.45, 7) is 13.0. The molecule has 1 N–H and O–H groups in total. The summed E-state index contributed by atoms with van der Waals surface area (Å²) >= 11 is 0. The molecule has 0 bridgehead atoms. The van der Waals surface area contributed by atoms with Crippen LogP contribution < -0.4 is 5.32 Å². The number of rotatable bonds is 8. The summed E-state index contributed by atoms with van der Waals surface area (Å²) in [5.41, 5.74) is 0.544. The fraction of sp³-hybridized carbons (Fsp3) is 1.00. The molecule has 0 aliphatic carbocycles. The summed E-state index contributed by atoms with van der Waals surface area (Å²) in [4.78, 5) is 0. The van der Waals surface area contributed by atoms with Gasteiger partial charge in [-0.25, -0.2) is 0 Å². The van der Waals surface area contributed by atoms with Crippen LogP contribution in [-0.4, -0.2) is 13.6 Å². The molecule has 1 heteroatoms. The standard InChI is InChI=1S/C14H31N/c1-7-9-14(4,5)10-8-12(2)13(3)11-15-6/h12-13,15H,7-11H2,1-6H3. The van der Waals surface area contributed by atoms with Gasteiger partial charge in [-0.3, -0.25) is 0 Å². The summed E-state index contributed by atoms with van der Waals surface area (Å²) in [5.74, 6) is 1.64. The predicted octanol–water partition coefficient (Wildman–Crippen LogP) is 4.08. The van der Waals surface area contributed by atoms with E-state index in [2.05, 4.69) is 39.9 Å². The van der Waals surface area contributed by atoms with Gasteiger partial charge in [-0.2, -0.15) is 0 Å². The van der Waals surface area contributed by atoms with Crippen molar-refractivity contribution in [2.75, 3.05) is 13.6 Å². The summed E-state index contributed by atoms with van der Waals surface area (Å²) in [6, 6.07) is 0. The lowest BCUT2D eigenvalue weighted by Gasteiger charge is -2.27. The number of hydrogen-bond acceptors (Lipinski definition) is 1. The van der Waals surface area contributed by atoms with Crippen LogP contribution in [0.1, 0.15) is 60.3 Å². The van der Waals surface area contributed by atoms with Crippen molar-refractivity contribution < 1.29 is 0 Å². The highest BCUT2D eigenvalue weighted by Crippen LogP contribution is 2.31. The zero-order valence-corrected chi connectivity index (χ0v) is 11.7. The highest BCUT2D eigenvalue weighted by molar-refractivity contribution is 4.72. The van der Waals surface area contributed by atoms with Crippen LogP contribution in [0.15, 0.2) is 0 Å². The molecule has 0 aliphatic heterocycles. The van der Waals surface area contributed by atoms with Crippen molar-refractivity contribution in [1.29, 1.82) is 0 Å². The van der Waals surface area contributed by atoms with E-state index in [1.807, 2.05) is 7.05 Å². The highest BCUT2D eigenvalue weighted by atomic mass is 14.8. The largest absolute Gasteiger partial charge is 0.319 e. The Kier molecular flexibility index (Phi) is 7.25. The molecule has 0 spiro atoms. The second-order valence-electron chi connectivity index (χ2n) is 5.97. The van der Waals surface area contributed by atoms with Crippen LogP contribution in [-0.2, 0) is 0 Å². The summed E-state index contributed by atoms with van der Waals surface area (Å²) < 4.78 is 0. The van der Waals surface area contributed by atoms with Gasteiger partial charge >= 0.3 is 0 Å². The molecule has 0 aromatic carbocycles. The lowest BCUT2D eigenvalue weighted by Crippen LogP contribution is -2.23. The average molecular weight is 213 g/mol. The Balaban J connectivity index is 3.82. The van der Waals surface area contributed by atoms with Gasteiger partial charge in [-0.1, -0.05) is 41.0 Å². The number of hydrogen-bond donors (Lipinski definition) is 1. The molecule has 0 aromatic rings. The van der Waals surface area contributed by atoms with Crippen molar-refractivity contribution in [3.63, 3.8) is 0 Å². The third-order valence-corrected chi connectivity index (χ3v) is 3.70. The minimum atomic E-state index is 0.544. The first-order valence-corrected chi connectivity index (χ1v) is 6.57. The van der Waals surface area contributed by atoms with Crippen LogP contribution in [0, 0.1) is 17.3 Å². The quantitative estimate of drug-likeness (QED) is 0.640. The van der Waals surface area contributed by atoms with Gasteiger partial charge in [0.25, 0.3) is 0 Å². The Morgan fingerprint density at radius 1 is 1.07 bits per heavy atom. The molecule has 0 fully saturated rings. The van der Waals surface area contributed by atoms with Crippen LogP contribution in [0.25, 0.3) is 0 Å². The van der Waals surface area contributed by atoms with E-state index in [9.17, 15) is 0 Å². The van der Waals surface area contributed by atoms with Crippen LogP contribution in [0.2, 0.25) is 0 Å². The Morgan fingerprint density at radius 3 is 2.13 bits per heavy atom. The Hall–Kier alpha value is -0.0400. The minimum absolute atomic E-state index is 0.544. The molecule has 15 heavy (non-hydrogen) atoms. The van der Waals surface area contributed by atoms with E-state index >= 15 is 0 Å². The molecule has 0 radical (unpaired) electrons. The van der Waals surface area contributed by atoms with E-state index in [-0.39, 0.29) is 0 Å². The molecule has 1 nitrogen and oxygen atoms in total. The lowest BCUT2D eigenvalue weighted by molar-refractivity contribution is 0.247. The van der Waals surface area contributed by atoms with Crippen LogP contribution in [0.3, 0.4) is 0 Å². The lowest BCUT2D eigenvalue weighted by atomic mass is 9.79. The molecule has 0 aromatic heterocycles. The first kappa shape index (κ1) is 15.0. The zero-order valence-electron chi connectivity index (χ0n) is 11.7. The van der Waals surface area contributed by atoms with Crippen molar-refractivity contribution in [3.05, 3.63) is 0 Å². The summed E-state index contributed by atoms with van der Waals surface area (Å²) in [7, 11) is 2.05. The van der Waals surface area contributed by atoms with Crippen molar-refractivity contribution in [2.45, 2.75) is 60.3 Å². The van der Waals surface area contributed by atoms with E-state index in [0.717, 1.165) is 18.4 Å². The Labute approximate surface area is 97.0 Å². The topological polar surface area (TPSA) is 12.0 Å². The first-order valence-electron chi connectivity index (χ1n) is 6.57. The minimum Gasteiger partial charge on any atom is -0.319 e.